The van der Waals surface area contributed by atoms with Gasteiger partial charge in [0.15, 0.2) is 0 Å². The number of rotatable bonds is 4. The van der Waals surface area contributed by atoms with Crippen molar-refractivity contribution in [3.8, 4) is 0 Å². The van der Waals surface area contributed by atoms with Gasteiger partial charge in [-0.3, -0.25) is 4.79 Å². The standard InChI is InChI=1S/C12H12I3NO2/c13-7-5-9(11(15)10(14)6-7)12(18)16(3-4-17)8-1-2-8/h5-6,8,17H,1-4H2. The SMILES string of the molecule is O=C(c1cc(I)cc(I)c1I)N(CCO)C1CC1. The van der Waals surface area contributed by atoms with Crippen LogP contribution in [0.1, 0.15) is 23.2 Å². The van der Waals surface area contributed by atoms with Gasteiger partial charge in [0, 0.05) is 23.3 Å². The molecule has 0 saturated heterocycles. The average Bonchev–Trinajstić information content (AvgIpc) is 3.14. The number of hydrogen-bond acceptors (Lipinski definition) is 2. The van der Waals surface area contributed by atoms with Crippen LogP contribution in [0.25, 0.3) is 0 Å². The van der Waals surface area contributed by atoms with Gasteiger partial charge >= 0.3 is 0 Å². The van der Waals surface area contributed by atoms with Gasteiger partial charge in [0.2, 0.25) is 0 Å². The molecule has 1 fully saturated rings. The van der Waals surface area contributed by atoms with Crippen molar-refractivity contribution in [2.24, 2.45) is 0 Å². The molecule has 0 aliphatic heterocycles. The van der Waals surface area contributed by atoms with Crippen molar-refractivity contribution in [1.82, 2.24) is 4.90 Å². The van der Waals surface area contributed by atoms with E-state index >= 15 is 0 Å². The lowest BCUT2D eigenvalue weighted by Crippen LogP contribution is -2.36. The minimum Gasteiger partial charge on any atom is -0.395 e. The molecule has 0 aromatic heterocycles. The highest BCUT2D eigenvalue weighted by Gasteiger charge is 2.33. The van der Waals surface area contributed by atoms with E-state index in [2.05, 4.69) is 73.8 Å². The monoisotopic (exact) mass is 583 g/mol. The second-order valence-electron chi connectivity index (χ2n) is 4.20. The van der Waals surface area contributed by atoms with Crippen LogP contribution in [-0.4, -0.2) is 35.1 Å². The number of benzene rings is 1. The van der Waals surface area contributed by atoms with Crippen LogP contribution in [0, 0.1) is 10.7 Å². The fraction of sp³-hybridized carbons (Fsp3) is 0.417. The van der Waals surface area contributed by atoms with Crippen molar-refractivity contribution in [3.05, 3.63) is 28.4 Å². The van der Waals surface area contributed by atoms with Crippen molar-refractivity contribution < 1.29 is 9.90 Å². The molecule has 1 saturated carbocycles. The van der Waals surface area contributed by atoms with Gasteiger partial charge < -0.3 is 10.0 Å². The summed E-state index contributed by atoms with van der Waals surface area (Å²) in [6.45, 7) is 0.460. The molecule has 1 aromatic rings. The molecule has 6 heteroatoms. The van der Waals surface area contributed by atoms with Gasteiger partial charge in [-0.2, -0.15) is 0 Å². The smallest absolute Gasteiger partial charge is 0.255 e. The quantitative estimate of drug-likeness (QED) is 0.438. The first-order valence-corrected chi connectivity index (χ1v) is 8.84. The number of aliphatic hydroxyl groups is 1. The third-order valence-electron chi connectivity index (χ3n) is 2.81. The number of amides is 1. The van der Waals surface area contributed by atoms with Crippen molar-refractivity contribution in [2.75, 3.05) is 13.2 Å². The van der Waals surface area contributed by atoms with Gasteiger partial charge in [0.1, 0.15) is 0 Å². The summed E-state index contributed by atoms with van der Waals surface area (Å²) in [7, 11) is 0. The van der Waals surface area contributed by atoms with Gasteiger partial charge in [-0.1, -0.05) is 0 Å². The Morgan fingerprint density at radius 3 is 2.56 bits per heavy atom. The summed E-state index contributed by atoms with van der Waals surface area (Å²) in [5.74, 6) is 0.0485. The third-order valence-corrected chi connectivity index (χ3v) is 6.48. The zero-order valence-corrected chi connectivity index (χ0v) is 16.0. The number of halogens is 3. The largest absolute Gasteiger partial charge is 0.395 e. The van der Waals surface area contributed by atoms with Crippen molar-refractivity contribution >= 4 is 73.7 Å². The highest BCUT2D eigenvalue weighted by molar-refractivity contribution is 14.1. The summed E-state index contributed by atoms with van der Waals surface area (Å²) in [6, 6.07) is 4.32. The Kier molecular flexibility index (Phi) is 5.52. The van der Waals surface area contributed by atoms with Crippen LogP contribution in [0.5, 0.6) is 0 Å². The number of hydrogen-bond donors (Lipinski definition) is 1. The maximum absolute atomic E-state index is 12.5. The number of nitrogens with zero attached hydrogens (tertiary/aromatic N) is 1. The summed E-state index contributed by atoms with van der Waals surface area (Å²) in [6.07, 6.45) is 2.12. The molecule has 0 heterocycles. The molecule has 1 aliphatic rings. The molecule has 1 amide bonds. The lowest BCUT2D eigenvalue weighted by Gasteiger charge is -2.22. The first kappa shape index (κ1) is 15.2. The third kappa shape index (κ3) is 3.48. The Morgan fingerprint density at radius 1 is 1.33 bits per heavy atom. The normalized spacial score (nSPS) is 14.7. The van der Waals surface area contributed by atoms with Crippen LogP contribution in [0.3, 0.4) is 0 Å². The molecule has 0 bridgehead atoms. The molecule has 18 heavy (non-hydrogen) atoms. The van der Waals surface area contributed by atoms with Crippen LogP contribution in [0.4, 0.5) is 0 Å². The Labute approximate surface area is 147 Å². The molecule has 1 N–H and O–H groups in total. The van der Waals surface area contributed by atoms with E-state index in [4.69, 9.17) is 5.11 Å². The molecule has 2 rings (SSSR count). The van der Waals surface area contributed by atoms with Gasteiger partial charge in [0.25, 0.3) is 5.91 Å². The van der Waals surface area contributed by atoms with Crippen molar-refractivity contribution in [3.63, 3.8) is 0 Å². The van der Waals surface area contributed by atoms with E-state index in [9.17, 15) is 4.79 Å². The molecule has 0 spiro atoms. The van der Waals surface area contributed by atoms with Crippen molar-refractivity contribution in [1.29, 1.82) is 0 Å². The second kappa shape index (κ2) is 6.53. The van der Waals surface area contributed by atoms with E-state index in [0.29, 0.717) is 12.6 Å². The zero-order valence-electron chi connectivity index (χ0n) is 9.50. The van der Waals surface area contributed by atoms with Gasteiger partial charge in [-0.25, -0.2) is 0 Å². The minimum absolute atomic E-state index is 0.0276. The predicted octanol–water partition coefficient (Wildman–Crippen LogP) is 3.10. The van der Waals surface area contributed by atoms with E-state index in [1.807, 2.05) is 11.0 Å². The first-order valence-electron chi connectivity index (χ1n) is 5.61. The average molecular weight is 583 g/mol. The van der Waals surface area contributed by atoms with Crippen LogP contribution < -0.4 is 0 Å². The van der Waals surface area contributed by atoms with Gasteiger partial charge in [-0.05, 0) is 92.7 Å². The molecule has 1 aliphatic carbocycles. The lowest BCUT2D eigenvalue weighted by atomic mass is 10.2. The van der Waals surface area contributed by atoms with Gasteiger partial charge in [0.05, 0.1) is 12.2 Å². The molecule has 1 aromatic carbocycles. The molecule has 0 radical (unpaired) electrons. The molecule has 0 unspecified atom stereocenters. The van der Waals surface area contributed by atoms with E-state index < -0.39 is 0 Å². The summed E-state index contributed by atoms with van der Waals surface area (Å²) < 4.78 is 3.17. The van der Waals surface area contributed by atoms with Crippen LogP contribution in [-0.2, 0) is 0 Å². The maximum Gasteiger partial charge on any atom is 0.255 e. The highest BCUT2D eigenvalue weighted by Crippen LogP contribution is 2.30. The Morgan fingerprint density at radius 2 is 2.00 bits per heavy atom. The summed E-state index contributed by atoms with van der Waals surface area (Å²) in [5.41, 5.74) is 0.757. The molecule has 98 valence electrons. The minimum atomic E-state index is 0.0276. The molecular formula is C12H12I3NO2. The first-order chi connectivity index (χ1) is 8.54. The van der Waals surface area contributed by atoms with Gasteiger partial charge in [-0.15, -0.1) is 0 Å². The summed E-state index contributed by atoms with van der Waals surface area (Å²) >= 11 is 6.71. The Bertz CT molecular complexity index is 475. The van der Waals surface area contributed by atoms with E-state index in [-0.39, 0.29) is 12.5 Å². The van der Waals surface area contributed by atoms with E-state index in [1.54, 1.807) is 0 Å². The summed E-state index contributed by atoms with van der Waals surface area (Å²) in [5, 5.41) is 9.09. The molecule has 0 atom stereocenters. The van der Waals surface area contributed by atoms with Crippen LogP contribution in [0.15, 0.2) is 12.1 Å². The van der Waals surface area contributed by atoms with E-state index in [1.165, 1.54) is 0 Å². The predicted molar refractivity (Wildman–Crippen MR) is 95.7 cm³/mol. The zero-order chi connectivity index (χ0) is 13.3. The Balaban J connectivity index is 2.31. The highest BCUT2D eigenvalue weighted by atomic mass is 127. The molecular weight excluding hydrogens is 571 g/mol. The summed E-state index contributed by atoms with van der Waals surface area (Å²) in [4.78, 5) is 14.4. The fourth-order valence-electron chi connectivity index (χ4n) is 1.81. The maximum atomic E-state index is 12.5. The van der Waals surface area contributed by atoms with Crippen molar-refractivity contribution in [2.45, 2.75) is 18.9 Å². The van der Waals surface area contributed by atoms with Crippen LogP contribution in [0.2, 0.25) is 0 Å². The number of carbonyl (C=O) groups excluding carboxylic acids is 1. The second-order valence-corrected chi connectivity index (χ2v) is 7.69. The van der Waals surface area contributed by atoms with Crippen LogP contribution >= 0.6 is 67.8 Å². The fourth-order valence-corrected chi connectivity index (χ4v) is 4.20. The Hall–Kier alpha value is 0.840. The number of aliphatic hydroxyl groups excluding tert-OH is 1. The molecule has 3 nitrogen and oxygen atoms in total. The number of carbonyl (C=O) groups is 1. The van der Waals surface area contributed by atoms with E-state index in [0.717, 1.165) is 29.1 Å². The topological polar surface area (TPSA) is 40.5 Å². The lowest BCUT2D eigenvalue weighted by molar-refractivity contribution is 0.0706.